The standard InChI is InChI=1S/C14H13N3O/c1-3-12(11-15-6-1)5-8-17-9-7-16-14(17)13-4-2-10-18-13/h1-4,6-7,9-11H,5,8H2. The quantitative estimate of drug-likeness (QED) is 0.703. The zero-order valence-electron chi connectivity index (χ0n) is 9.86. The summed E-state index contributed by atoms with van der Waals surface area (Å²) in [5, 5.41) is 0. The maximum Gasteiger partial charge on any atom is 0.176 e. The van der Waals surface area contributed by atoms with Crippen LogP contribution in [0.2, 0.25) is 0 Å². The molecule has 90 valence electrons. The van der Waals surface area contributed by atoms with Gasteiger partial charge in [-0.1, -0.05) is 6.07 Å². The molecular weight excluding hydrogens is 226 g/mol. The van der Waals surface area contributed by atoms with E-state index >= 15 is 0 Å². The Morgan fingerprint density at radius 3 is 2.94 bits per heavy atom. The highest BCUT2D eigenvalue weighted by atomic mass is 16.3. The lowest BCUT2D eigenvalue weighted by Crippen LogP contribution is -2.02. The number of pyridine rings is 1. The van der Waals surface area contributed by atoms with E-state index in [9.17, 15) is 0 Å². The van der Waals surface area contributed by atoms with Gasteiger partial charge in [-0.3, -0.25) is 4.98 Å². The van der Waals surface area contributed by atoms with Gasteiger partial charge in [0.1, 0.15) is 0 Å². The molecule has 3 aromatic heterocycles. The second kappa shape index (κ2) is 4.87. The molecule has 0 amide bonds. The lowest BCUT2D eigenvalue weighted by Gasteiger charge is -2.05. The predicted octanol–water partition coefficient (Wildman–Crippen LogP) is 2.78. The molecule has 3 aromatic rings. The minimum Gasteiger partial charge on any atom is -0.461 e. The zero-order chi connectivity index (χ0) is 12.2. The van der Waals surface area contributed by atoms with E-state index in [2.05, 4.69) is 20.6 Å². The lowest BCUT2D eigenvalue weighted by molar-refractivity contribution is 0.567. The fourth-order valence-electron chi connectivity index (χ4n) is 1.92. The molecule has 0 fully saturated rings. The number of imidazole rings is 1. The highest BCUT2D eigenvalue weighted by Crippen LogP contribution is 2.17. The third kappa shape index (κ3) is 2.18. The van der Waals surface area contributed by atoms with Crippen molar-refractivity contribution >= 4 is 0 Å². The molecule has 4 nitrogen and oxygen atoms in total. The molecule has 0 atom stereocenters. The summed E-state index contributed by atoms with van der Waals surface area (Å²) in [5.74, 6) is 1.66. The molecule has 0 unspecified atom stereocenters. The lowest BCUT2D eigenvalue weighted by atomic mass is 10.2. The Morgan fingerprint density at radius 1 is 1.17 bits per heavy atom. The van der Waals surface area contributed by atoms with E-state index < -0.39 is 0 Å². The van der Waals surface area contributed by atoms with E-state index in [-0.39, 0.29) is 0 Å². The first-order valence-corrected chi connectivity index (χ1v) is 5.87. The average Bonchev–Trinajstić information content (AvgIpc) is 3.08. The molecule has 0 N–H and O–H groups in total. The van der Waals surface area contributed by atoms with Gasteiger partial charge in [0, 0.05) is 31.3 Å². The van der Waals surface area contributed by atoms with Crippen LogP contribution in [0.4, 0.5) is 0 Å². The monoisotopic (exact) mass is 239 g/mol. The van der Waals surface area contributed by atoms with Crippen LogP contribution in [0.5, 0.6) is 0 Å². The van der Waals surface area contributed by atoms with Crippen LogP contribution in [-0.4, -0.2) is 14.5 Å². The smallest absolute Gasteiger partial charge is 0.176 e. The molecule has 3 rings (SSSR count). The molecule has 0 saturated heterocycles. The topological polar surface area (TPSA) is 43.9 Å². The van der Waals surface area contributed by atoms with Crippen molar-refractivity contribution in [3.63, 3.8) is 0 Å². The molecule has 0 radical (unpaired) electrons. The van der Waals surface area contributed by atoms with Gasteiger partial charge < -0.3 is 8.98 Å². The zero-order valence-corrected chi connectivity index (χ0v) is 9.86. The molecule has 0 aliphatic carbocycles. The first-order chi connectivity index (χ1) is 8.93. The summed E-state index contributed by atoms with van der Waals surface area (Å²) in [5.41, 5.74) is 1.22. The van der Waals surface area contributed by atoms with E-state index in [0.29, 0.717) is 0 Å². The van der Waals surface area contributed by atoms with Crippen LogP contribution in [0.15, 0.2) is 59.7 Å². The Balaban J connectivity index is 1.76. The summed E-state index contributed by atoms with van der Waals surface area (Å²) in [4.78, 5) is 8.44. The Kier molecular flexibility index (Phi) is 2.92. The van der Waals surface area contributed by atoms with Crippen LogP contribution < -0.4 is 0 Å². The van der Waals surface area contributed by atoms with Crippen LogP contribution in [0, 0.1) is 0 Å². The van der Waals surface area contributed by atoms with Crippen molar-refractivity contribution in [3.05, 3.63) is 60.9 Å². The second-order valence-corrected chi connectivity index (χ2v) is 4.03. The van der Waals surface area contributed by atoms with E-state index in [1.807, 2.05) is 30.6 Å². The van der Waals surface area contributed by atoms with Gasteiger partial charge in [0.15, 0.2) is 11.6 Å². The fourth-order valence-corrected chi connectivity index (χ4v) is 1.92. The highest BCUT2D eigenvalue weighted by molar-refractivity contribution is 5.46. The summed E-state index contributed by atoms with van der Waals surface area (Å²) in [6.45, 7) is 0.863. The minimum absolute atomic E-state index is 0.797. The molecular formula is C14H13N3O. The van der Waals surface area contributed by atoms with Crippen molar-refractivity contribution in [3.8, 4) is 11.6 Å². The number of hydrogen-bond acceptors (Lipinski definition) is 3. The summed E-state index contributed by atoms with van der Waals surface area (Å²) in [6.07, 6.45) is 10.0. The van der Waals surface area contributed by atoms with E-state index in [1.165, 1.54) is 5.56 Å². The largest absolute Gasteiger partial charge is 0.461 e. The number of rotatable bonds is 4. The van der Waals surface area contributed by atoms with Crippen LogP contribution in [-0.2, 0) is 13.0 Å². The van der Waals surface area contributed by atoms with E-state index in [1.54, 1.807) is 18.7 Å². The number of aromatic nitrogens is 3. The summed E-state index contributed by atoms with van der Waals surface area (Å²) in [6, 6.07) is 7.82. The Morgan fingerprint density at radius 2 is 2.17 bits per heavy atom. The average molecular weight is 239 g/mol. The summed E-state index contributed by atoms with van der Waals surface area (Å²) >= 11 is 0. The van der Waals surface area contributed by atoms with E-state index in [0.717, 1.165) is 24.6 Å². The fraction of sp³-hybridized carbons (Fsp3) is 0.143. The van der Waals surface area contributed by atoms with Crippen molar-refractivity contribution in [1.82, 2.24) is 14.5 Å². The predicted molar refractivity (Wildman–Crippen MR) is 67.9 cm³/mol. The van der Waals surface area contributed by atoms with E-state index in [4.69, 9.17) is 4.42 Å². The Labute approximate surface area is 105 Å². The summed E-state index contributed by atoms with van der Waals surface area (Å²) in [7, 11) is 0. The Bertz CT molecular complexity index is 599. The van der Waals surface area contributed by atoms with Crippen molar-refractivity contribution in [1.29, 1.82) is 0 Å². The molecule has 4 heteroatoms. The van der Waals surface area contributed by atoms with Crippen molar-refractivity contribution in [2.24, 2.45) is 0 Å². The number of furan rings is 1. The van der Waals surface area contributed by atoms with Gasteiger partial charge in [-0.25, -0.2) is 4.98 Å². The molecule has 18 heavy (non-hydrogen) atoms. The molecule has 3 heterocycles. The first-order valence-electron chi connectivity index (χ1n) is 5.87. The molecule has 0 bridgehead atoms. The number of nitrogens with zero attached hydrogens (tertiary/aromatic N) is 3. The third-order valence-electron chi connectivity index (χ3n) is 2.82. The third-order valence-corrected chi connectivity index (χ3v) is 2.82. The van der Waals surface area contributed by atoms with Gasteiger partial charge >= 0.3 is 0 Å². The van der Waals surface area contributed by atoms with Crippen molar-refractivity contribution in [2.75, 3.05) is 0 Å². The van der Waals surface area contributed by atoms with Gasteiger partial charge in [-0.2, -0.15) is 0 Å². The SMILES string of the molecule is c1cncc(CCn2ccnc2-c2ccco2)c1. The first kappa shape index (κ1) is 10.8. The van der Waals surface area contributed by atoms with Crippen LogP contribution in [0.1, 0.15) is 5.56 Å². The van der Waals surface area contributed by atoms with Crippen molar-refractivity contribution < 1.29 is 4.42 Å². The molecule has 0 aliphatic rings. The molecule has 0 aromatic carbocycles. The van der Waals surface area contributed by atoms with Crippen LogP contribution in [0.3, 0.4) is 0 Å². The number of hydrogen-bond donors (Lipinski definition) is 0. The highest BCUT2D eigenvalue weighted by Gasteiger charge is 2.07. The minimum atomic E-state index is 0.797. The van der Waals surface area contributed by atoms with Crippen LogP contribution in [0.25, 0.3) is 11.6 Å². The second-order valence-electron chi connectivity index (χ2n) is 4.03. The Hall–Kier alpha value is -2.36. The van der Waals surface area contributed by atoms with Gasteiger partial charge in [-0.05, 0) is 30.2 Å². The van der Waals surface area contributed by atoms with Gasteiger partial charge in [0.25, 0.3) is 0 Å². The van der Waals surface area contributed by atoms with Gasteiger partial charge in [0.05, 0.1) is 6.26 Å². The molecule has 0 spiro atoms. The van der Waals surface area contributed by atoms with Crippen molar-refractivity contribution in [2.45, 2.75) is 13.0 Å². The summed E-state index contributed by atoms with van der Waals surface area (Å²) < 4.78 is 7.46. The van der Waals surface area contributed by atoms with Gasteiger partial charge in [-0.15, -0.1) is 0 Å². The molecule has 0 aliphatic heterocycles. The number of aryl methyl sites for hydroxylation is 2. The maximum atomic E-state index is 5.37. The maximum absolute atomic E-state index is 5.37. The van der Waals surface area contributed by atoms with Crippen LogP contribution >= 0.6 is 0 Å². The van der Waals surface area contributed by atoms with Gasteiger partial charge in [0.2, 0.25) is 0 Å². The molecule has 0 saturated carbocycles. The normalized spacial score (nSPS) is 10.7.